The lowest BCUT2D eigenvalue weighted by Crippen LogP contribution is -1.99. The average molecular weight is 293 g/mol. The molecule has 1 aromatic carbocycles. The summed E-state index contributed by atoms with van der Waals surface area (Å²) in [5, 5.41) is 19.3. The molecule has 0 aliphatic carbocycles. The Kier molecular flexibility index (Phi) is 3.30. The molecule has 1 heterocycles. The first kappa shape index (κ1) is 11.5. The van der Waals surface area contributed by atoms with Gasteiger partial charge in [-0.05, 0) is 40.2 Å². The molecule has 0 bridgehead atoms. The van der Waals surface area contributed by atoms with Gasteiger partial charge in [0.15, 0.2) is 5.82 Å². The van der Waals surface area contributed by atoms with Gasteiger partial charge in [-0.15, -0.1) is 5.10 Å². The molecular weight excluding hydrogens is 287 g/mol. The van der Waals surface area contributed by atoms with E-state index in [2.05, 4.69) is 31.4 Å². The van der Waals surface area contributed by atoms with Crippen LogP contribution in [0, 0.1) is 17.1 Å². The highest BCUT2D eigenvalue weighted by atomic mass is 79.9. The summed E-state index contributed by atoms with van der Waals surface area (Å²) < 4.78 is 13.4. The van der Waals surface area contributed by atoms with Crippen molar-refractivity contribution in [2.45, 2.75) is 0 Å². The topological polar surface area (TPSA) is 61.6 Å². The third-order valence-corrected chi connectivity index (χ3v) is 2.68. The molecule has 0 saturated carbocycles. The number of nitrogens with zero attached hydrogens (tertiary/aromatic N) is 3. The van der Waals surface area contributed by atoms with Crippen LogP contribution in [0.1, 0.15) is 5.56 Å². The van der Waals surface area contributed by atoms with Crippen molar-refractivity contribution in [1.29, 1.82) is 5.26 Å². The second kappa shape index (κ2) is 4.89. The van der Waals surface area contributed by atoms with E-state index < -0.39 is 0 Å². The van der Waals surface area contributed by atoms with Gasteiger partial charge in [0.25, 0.3) is 0 Å². The summed E-state index contributed by atoms with van der Waals surface area (Å²) in [5.74, 6) is -0.00983. The highest BCUT2D eigenvalue weighted by Gasteiger charge is 2.06. The Morgan fingerprint density at radius 3 is 2.88 bits per heavy atom. The maximum Gasteiger partial charge on any atom is 0.171 e. The number of nitriles is 1. The molecule has 2 rings (SSSR count). The largest absolute Gasteiger partial charge is 0.337 e. The van der Waals surface area contributed by atoms with Gasteiger partial charge in [0.05, 0.1) is 17.4 Å². The fourth-order valence-electron chi connectivity index (χ4n) is 1.23. The van der Waals surface area contributed by atoms with Crippen molar-refractivity contribution >= 4 is 27.4 Å². The van der Waals surface area contributed by atoms with E-state index in [0.29, 0.717) is 21.5 Å². The molecule has 0 radical (unpaired) electrons. The van der Waals surface area contributed by atoms with E-state index >= 15 is 0 Å². The van der Waals surface area contributed by atoms with Crippen molar-refractivity contribution in [1.82, 2.24) is 10.2 Å². The smallest absolute Gasteiger partial charge is 0.171 e. The van der Waals surface area contributed by atoms with Gasteiger partial charge in [-0.3, -0.25) is 0 Å². The summed E-state index contributed by atoms with van der Waals surface area (Å²) in [6.07, 6.45) is 1.43. The van der Waals surface area contributed by atoms with Crippen molar-refractivity contribution in [3.05, 3.63) is 46.3 Å². The standard InChI is InChI=1S/C11H6BrFN4/c12-9-5-8(13)1-2-10(9)16-11-7(6-14)3-4-15-17-11/h1-5H,(H,16,17). The Labute approximate surface area is 105 Å². The number of benzene rings is 1. The molecule has 0 aliphatic rings. The first-order valence-electron chi connectivity index (χ1n) is 4.64. The maximum atomic E-state index is 12.9. The van der Waals surface area contributed by atoms with Gasteiger partial charge >= 0.3 is 0 Å². The first-order chi connectivity index (χ1) is 8.20. The number of hydrogen-bond donors (Lipinski definition) is 1. The summed E-state index contributed by atoms with van der Waals surface area (Å²) in [7, 11) is 0. The lowest BCUT2D eigenvalue weighted by molar-refractivity contribution is 0.627. The van der Waals surface area contributed by atoms with Crippen molar-refractivity contribution in [2.75, 3.05) is 5.32 Å². The Balaban J connectivity index is 2.35. The molecule has 0 saturated heterocycles. The van der Waals surface area contributed by atoms with E-state index in [0.717, 1.165) is 0 Å². The molecule has 84 valence electrons. The lowest BCUT2D eigenvalue weighted by atomic mass is 10.2. The number of halogens is 2. The van der Waals surface area contributed by atoms with Gasteiger partial charge in [-0.2, -0.15) is 10.4 Å². The summed E-state index contributed by atoms with van der Waals surface area (Å²) in [6, 6.07) is 7.73. The van der Waals surface area contributed by atoms with Crippen molar-refractivity contribution < 1.29 is 4.39 Å². The highest BCUT2D eigenvalue weighted by molar-refractivity contribution is 9.10. The first-order valence-corrected chi connectivity index (χ1v) is 5.44. The van der Waals surface area contributed by atoms with Crippen LogP contribution in [0.5, 0.6) is 0 Å². The van der Waals surface area contributed by atoms with Gasteiger partial charge in [-0.1, -0.05) is 0 Å². The average Bonchev–Trinajstić information content (AvgIpc) is 2.33. The molecule has 17 heavy (non-hydrogen) atoms. The van der Waals surface area contributed by atoms with Crippen LogP contribution in [0.4, 0.5) is 15.9 Å². The van der Waals surface area contributed by atoms with Crippen LogP contribution < -0.4 is 5.32 Å². The number of nitrogens with one attached hydrogen (secondary N) is 1. The number of anilines is 2. The van der Waals surface area contributed by atoms with E-state index in [-0.39, 0.29) is 5.82 Å². The number of aromatic nitrogens is 2. The van der Waals surface area contributed by atoms with Crippen LogP contribution >= 0.6 is 15.9 Å². The van der Waals surface area contributed by atoms with Crippen LogP contribution in [-0.2, 0) is 0 Å². The fraction of sp³-hybridized carbons (Fsp3) is 0. The van der Waals surface area contributed by atoms with Gasteiger partial charge < -0.3 is 5.32 Å². The minimum atomic E-state index is -0.345. The molecule has 0 atom stereocenters. The molecule has 0 fully saturated rings. The summed E-state index contributed by atoms with van der Waals surface area (Å²) in [5.41, 5.74) is 0.986. The quantitative estimate of drug-likeness (QED) is 0.924. The zero-order valence-electron chi connectivity index (χ0n) is 8.48. The molecule has 0 unspecified atom stereocenters. The van der Waals surface area contributed by atoms with Gasteiger partial charge in [0.1, 0.15) is 11.9 Å². The monoisotopic (exact) mass is 292 g/mol. The Bertz CT molecular complexity index is 594. The zero-order valence-corrected chi connectivity index (χ0v) is 10.1. The molecule has 0 amide bonds. The van der Waals surface area contributed by atoms with Gasteiger partial charge in [-0.25, -0.2) is 4.39 Å². The van der Waals surface area contributed by atoms with Crippen LogP contribution in [0.15, 0.2) is 34.9 Å². The van der Waals surface area contributed by atoms with Crippen LogP contribution in [0.3, 0.4) is 0 Å². The van der Waals surface area contributed by atoms with Crippen LogP contribution in [0.25, 0.3) is 0 Å². The fourth-order valence-corrected chi connectivity index (χ4v) is 1.68. The minimum Gasteiger partial charge on any atom is -0.337 e. The summed E-state index contributed by atoms with van der Waals surface area (Å²) in [6.45, 7) is 0. The van der Waals surface area contributed by atoms with Crippen molar-refractivity contribution in [3.8, 4) is 6.07 Å². The van der Waals surface area contributed by atoms with Gasteiger partial charge in [0, 0.05) is 4.47 Å². The summed E-state index contributed by atoms with van der Waals surface area (Å²) >= 11 is 3.22. The molecule has 4 nitrogen and oxygen atoms in total. The van der Waals surface area contributed by atoms with Gasteiger partial charge in [0.2, 0.25) is 0 Å². The van der Waals surface area contributed by atoms with Crippen molar-refractivity contribution in [3.63, 3.8) is 0 Å². The molecular formula is C11H6BrFN4. The van der Waals surface area contributed by atoms with E-state index in [9.17, 15) is 4.39 Å². The molecule has 1 N–H and O–H groups in total. The maximum absolute atomic E-state index is 12.9. The third-order valence-electron chi connectivity index (χ3n) is 2.03. The Morgan fingerprint density at radius 2 is 2.18 bits per heavy atom. The number of hydrogen-bond acceptors (Lipinski definition) is 4. The highest BCUT2D eigenvalue weighted by Crippen LogP contribution is 2.26. The van der Waals surface area contributed by atoms with E-state index in [1.165, 1.54) is 18.3 Å². The van der Waals surface area contributed by atoms with E-state index in [4.69, 9.17) is 5.26 Å². The molecule has 1 aromatic heterocycles. The Hall–Kier alpha value is -2.00. The van der Waals surface area contributed by atoms with E-state index in [1.54, 1.807) is 12.1 Å². The number of rotatable bonds is 2. The molecule has 6 heteroatoms. The Morgan fingerprint density at radius 1 is 1.35 bits per heavy atom. The molecule has 0 aliphatic heterocycles. The lowest BCUT2D eigenvalue weighted by Gasteiger charge is -2.07. The molecule has 2 aromatic rings. The van der Waals surface area contributed by atoms with E-state index in [1.807, 2.05) is 6.07 Å². The SMILES string of the molecule is N#Cc1ccnnc1Nc1ccc(F)cc1Br. The van der Waals surface area contributed by atoms with Crippen LogP contribution in [-0.4, -0.2) is 10.2 Å². The minimum absolute atomic E-state index is 0.335. The normalized spacial score (nSPS) is 9.71. The summed E-state index contributed by atoms with van der Waals surface area (Å²) in [4.78, 5) is 0. The molecule has 0 spiro atoms. The zero-order chi connectivity index (χ0) is 12.3. The van der Waals surface area contributed by atoms with Crippen LogP contribution in [0.2, 0.25) is 0 Å². The van der Waals surface area contributed by atoms with Crippen molar-refractivity contribution in [2.24, 2.45) is 0 Å². The second-order valence-electron chi connectivity index (χ2n) is 3.15. The predicted molar refractivity (Wildman–Crippen MR) is 64.1 cm³/mol. The predicted octanol–water partition coefficient (Wildman–Crippen LogP) is 2.99. The second-order valence-corrected chi connectivity index (χ2v) is 4.01. The third kappa shape index (κ3) is 2.57.